The summed E-state index contributed by atoms with van der Waals surface area (Å²) in [7, 11) is 7.04. The third-order valence-electron chi connectivity index (χ3n) is 4.60. The average Bonchev–Trinajstić information content (AvgIpc) is 3.23. The highest BCUT2D eigenvalue weighted by molar-refractivity contribution is 5.79. The van der Waals surface area contributed by atoms with Gasteiger partial charge in [0.05, 0.1) is 32.7 Å². The molecule has 0 fully saturated rings. The molecule has 0 unspecified atom stereocenters. The van der Waals surface area contributed by atoms with Crippen molar-refractivity contribution in [1.29, 1.82) is 0 Å². The number of methoxy groups -OCH3 is 2. The SMILES string of the molecule is CN=C(NCc1ccc(OC)cc1OC)N(C)Cc1ncc(-c2ccccc2)[nH]1. The Balaban J connectivity index is 1.63. The Morgan fingerprint density at radius 2 is 1.93 bits per heavy atom. The molecule has 1 aromatic heterocycles. The second-order valence-electron chi connectivity index (χ2n) is 6.54. The summed E-state index contributed by atoms with van der Waals surface area (Å²) in [4.78, 5) is 14.3. The zero-order chi connectivity index (χ0) is 20.6. The van der Waals surface area contributed by atoms with E-state index < -0.39 is 0 Å². The second-order valence-corrected chi connectivity index (χ2v) is 6.54. The Morgan fingerprint density at radius 1 is 1.14 bits per heavy atom. The number of hydrogen-bond acceptors (Lipinski definition) is 4. The molecule has 0 atom stereocenters. The molecule has 7 nitrogen and oxygen atoms in total. The maximum absolute atomic E-state index is 5.47. The summed E-state index contributed by atoms with van der Waals surface area (Å²) >= 11 is 0. The van der Waals surface area contributed by atoms with Gasteiger partial charge in [-0.3, -0.25) is 4.99 Å². The number of hydrogen-bond donors (Lipinski definition) is 2. The lowest BCUT2D eigenvalue weighted by atomic mass is 10.2. The molecule has 0 aliphatic carbocycles. The number of nitrogens with one attached hydrogen (secondary N) is 2. The van der Waals surface area contributed by atoms with Crippen molar-refractivity contribution in [2.45, 2.75) is 13.1 Å². The smallest absolute Gasteiger partial charge is 0.194 e. The highest BCUT2D eigenvalue weighted by Gasteiger charge is 2.11. The van der Waals surface area contributed by atoms with Crippen LogP contribution in [0.3, 0.4) is 0 Å². The lowest BCUT2D eigenvalue weighted by Crippen LogP contribution is -2.38. The van der Waals surface area contributed by atoms with Crippen LogP contribution in [0, 0.1) is 0 Å². The third-order valence-corrected chi connectivity index (χ3v) is 4.60. The molecule has 0 radical (unpaired) electrons. The van der Waals surface area contributed by atoms with Crippen molar-refractivity contribution in [2.24, 2.45) is 4.99 Å². The van der Waals surface area contributed by atoms with Gasteiger partial charge in [-0.25, -0.2) is 4.98 Å². The van der Waals surface area contributed by atoms with Gasteiger partial charge in [0.1, 0.15) is 17.3 Å². The van der Waals surface area contributed by atoms with Gasteiger partial charge in [-0.05, 0) is 17.7 Å². The molecule has 0 amide bonds. The number of ether oxygens (including phenoxy) is 2. The van der Waals surface area contributed by atoms with Crippen LogP contribution in [-0.2, 0) is 13.1 Å². The van der Waals surface area contributed by atoms with Crippen molar-refractivity contribution in [1.82, 2.24) is 20.2 Å². The van der Waals surface area contributed by atoms with E-state index in [4.69, 9.17) is 9.47 Å². The van der Waals surface area contributed by atoms with Crippen molar-refractivity contribution in [3.8, 4) is 22.8 Å². The maximum atomic E-state index is 5.47. The van der Waals surface area contributed by atoms with E-state index in [1.165, 1.54) is 0 Å². The van der Waals surface area contributed by atoms with E-state index in [0.717, 1.165) is 40.1 Å². The van der Waals surface area contributed by atoms with E-state index in [9.17, 15) is 0 Å². The van der Waals surface area contributed by atoms with E-state index in [2.05, 4.69) is 32.4 Å². The number of H-pyrrole nitrogens is 1. The minimum absolute atomic E-state index is 0.581. The molecule has 2 N–H and O–H groups in total. The molecule has 152 valence electrons. The summed E-state index contributed by atoms with van der Waals surface area (Å²) in [5, 5.41) is 3.37. The van der Waals surface area contributed by atoms with Crippen LogP contribution in [0.5, 0.6) is 11.5 Å². The normalized spacial score (nSPS) is 11.2. The molecule has 1 heterocycles. The molecule has 0 spiro atoms. The molecule has 0 aliphatic heterocycles. The molecule has 7 heteroatoms. The molecular weight excluding hydrogens is 366 g/mol. The van der Waals surface area contributed by atoms with E-state index in [-0.39, 0.29) is 0 Å². The zero-order valence-corrected chi connectivity index (χ0v) is 17.3. The van der Waals surface area contributed by atoms with Gasteiger partial charge in [-0.1, -0.05) is 30.3 Å². The van der Waals surface area contributed by atoms with Crippen LogP contribution >= 0.6 is 0 Å². The van der Waals surface area contributed by atoms with E-state index in [1.54, 1.807) is 21.3 Å². The molecule has 2 aromatic carbocycles. The molecule has 3 rings (SSSR count). The minimum atomic E-state index is 0.581. The fraction of sp³-hybridized carbons (Fsp3) is 0.273. The van der Waals surface area contributed by atoms with Crippen LogP contribution in [0.25, 0.3) is 11.3 Å². The van der Waals surface area contributed by atoms with E-state index >= 15 is 0 Å². The van der Waals surface area contributed by atoms with Crippen LogP contribution in [-0.4, -0.2) is 49.1 Å². The molecule has 0 bridgehead atoms. The van der Waals surface area contributed by atoms with Gasteiger partial charge in [0.2, 0.25) is 0 Å². The largest absolute Gasteiger partial charge is 0.497 e. The topological polar surface area (TPSA) is 74.8 Å². The van der Waals surface area contributed by atoms with Crippen molar-refractivity contribution in [2.75, 3.05) is 28.3 Å². The number of aromatic amines is 1. The number of nitrogens with zero attached hydrogens (tertiary/aromatic N) is 3. The van der Waals surface area contributed by atoms with Crippen molar-refractivity contribution < 1.29 is 9.47 Å². The first-order chi connectivity index (χ1) is 14.1. The standard InChI is InChI=1S/C22H27N5O2/c1-23-22(25-13-17-10-11-18(28-3)12-20(17)29-4)27(2)15-21-24-14-19(26-21)16-8-6-5-7-9-16/h5-12,14H,13,15H2,1-4H3,(H,23,25)(H,24,26). The highest BCUT2D eigenvalue weighted by Crippen LogP contribution is 2.24. The summed E-state index contributed by atoms with van der Waals surface area (Å²) in [5.74, 6) is 3.17. The Labute approximate surface area is 171 Å². The predicted molar refractivity (Wildman–Crippen MR) is 115 cm³/mol. The first kappa shape index (κ1) is 20.3. The predicted octanol–water partition coefficient (Wildman–Crippen LogP) is 3.30. The number of rotatable bonds is 7. The van der Waals surface area contributed by atoms with Crippen molar-refractivity contribution in [3.05, 3.63) is 66.1 Å². The molecule has 3 aromatic rings. The van der Waals surface area contributed by atoms with E-state index in [0.29, 0.717) is 13.1 Å². The lowest BCUT2D eigenvalue weighted by molar-refractivity contribution is 0.390. The molecule has 29 heavy (non-hydrogen) atoms. The Hall–Kier alpha value is -3.48. The quantitative estimate of drug-likeness (QED) is 0.476. The van der Waals surface area contributed by atoms with Gasteiger partial charge in [-0.15, -0.1) is 0 Å². The molecule has 0 saturated heterocycles. The minimum Gasteiger partial charge on any atom is -0.497 e. The fourth-order valence-electron chi connectivity index (χ4n) is 3.06. The van der Waals surface area contributed by atoms with Gasteiger partial charge in [-0.2, -0.15) is 0 Å². The van der Waals surface area contributed by atoms with Crippen LogP contribution in [0.15, 0.2) is 59.7 Å². The average molecular weight is 393 g/mol. The van der Waals surface area contributed by atoms with Crippen molar-refractivity contribution in [3.63, 3.8) is 0 Å². The van der Waals surface area contributed by atoms with Gasteiger partial charge in [0.25, 0.3) is 0 Å². The number of aliphatic imine (C=N–C) groups is 1. The first-order valence-electron chi connectivity index (χ1n) is 9.36. The van der Waals surface area contributed by atoms with Crippen LogP contribution < -0.4 is 14.8 Å². The highest BCUT2D eigenvalue weighted by atomic mass is 16.5. The summed E-state index contributed by atoms with van der Waals surface area (Å²) in [6, 6.07) is 15.9. The van der Waals surface area contributed by atoms with Gasteiger partial charge < -0.3 is 24.7 Å². The Bertz CT molecular complexity index is 953. The molecule has 0 saturated carbocycles. The third kappa shape index (κ3) is 5.07. The maximum Gasteiger partial charge on any atom is 0.194 e. The molecular formula is C22H27N5O2. The molecule has 0 aliphatic rings. The fourth-order valence-corrected chi connectivity index (χ4v) is 3.06. The first-order valence-corrected chi connectivity index (χ1v) is 9.36. The zero-order valence-electron chi connectivity index (χ0n) is 17.3. The van der Waals surface area contributed by atoms with Crippen LogP contribution in [0.2, 0.25) is 0 Å². The van der Waals surface area contributed by atoms with Crippen LogP contribution in [0.4, 0.5) is 0 Å². The summed E-state index contributed by atoms with van der Waals surface area (Å²) < 4.78 is 10.7. The van der Waals surface area contributed by atoms with Gasteiger partial charge >= 0.3 is 0 Å². The summed E-state index contributed by atoms with van der Waals surface area (Å²) in [6.07, 6.45) is 1.86. The van der Waals surface area contributed by atoms with Gasteiger partial charge in [0, 0.05) is 32.3 Å². The van der Waals surface area contributed by atoms with E-state index in [1.807, 2.05) is 54.5 Å². The van der Waals surface area contributed by atoms with Crippen LogP contribution in [0.1, 0.15) is 11.4 Å². The monoisotopic (exact) mass is 393 g/mol. The summed E-state index contributed by atoms with van der Waals surface area (Å²) in [5.41, 5.74) is 3.13. The number of imidazole rings is 1. The van der Waals surface area contributed by atoms with Gasteiger partial charge in [0.15, 0.2) is 5.96 Å². The number of aromatic nitrogens is 2. The number of benzene rings is 2. The second kappa shape index (κ2) is 9.64. The Morgan fingerprint density at radius 3 is 2.62 bits per heavy atom. The summed E-state index contributed by atoms with van der Waals surface area (Å²) in [6.45, 7) is 1.18. The van der Waals surface area contributed by atoms with Crippen molar-refractivity contribution >= 4 is 5.96 Å². The Kier molecular flexibility index (Phi) is 6.73. The lowest BCUT2D eigenvalue weighted by Gasteiger charge is -2.21. The number of guanidine groups is 1.